The Balaban J connectivity index is 2.53. The van der Waals surface area contributed by atoms with Crippen LogP contribution < -0.4 is 5.32 Å². The molecule has 1 N–H and O–H groups in total. The molecule has 0 radical (unpaired) electrons. The van der Waals surface area contributed by atoms with Gasteiger partial charge >= 0.3 is 0 Å². The molecule has 18 heavy (non-hydrogen) atoms. The van der Waals surface area contributed by atoms with Gasteiger partial charge in [-0.2, -0.15) is 0 Å². The minimum absolute atomic E-state index is 0.766. The first-order valence-corrected chi connectivity index (χ1v) is 6.78. The van der Waals surface area contributed by atoms with Crippen LogP contribution in [0.4, 0.5) is 0 Å². The Labute approximate surface area is 111 Å². The van der Waals surface area contributed by atoms with Crippen LogP contribution in [0, 0.1) is 0 Å². The highest BCUT2D eigenvalue weighted by Gasteiger charge is 1.96. The van der Waals surface area contributed by atoms with E-state index < -0.39 is 0 Å². The summed E-state index contributed by atoms with van der Waals surface area (Å²) in [6, 6.07) is 8.81. The molecule has 0 aliphatic carbocycles. The maximum absolute atomic E-state index is 5.02. The van der Waals surface area contributed by atoms with Crippen molar-refractivity contribution in [2.75, 3.05) is 26.8 Å². The van der Waals surface area contributed by atoms with Gasteiger partial charge < -0.3 is 10.1 Å². The normalized spacial score (nSPS) is 11.8. The van der Waals surface area contributed by atoms with Gasteiger partial charge in [0.15, 0.2) is 0 Å². The molecule has 0 fully saturated rings. The molecule has 0 saturated carbocycles. The molecule has 0 bridgehead atoms. The van der Waals surface area contributed by atoms with Crippen molar-refractivity contribution in [2.45, 2.75) is 26.7 Å². The van der Waals surface area contributed by atoms with Crippen molar-refractivity contribution in [3.05, 3.63) is 41.0 Å². The summed E-state index contributed by atoms with van der Waals surface area (Å²) in [5.41, 5.74) is 4.11. The lowest BCUT2D eigenvalue weighted by Crippen LogP contribution is -2.21. The number of hydrogen-bond acceptors (Lipinski definition) is 2. The Morgan fingerprint density at radius 2 is 1.94 bits per heavy atom. The summed E-state index contributed by atoms with van der Waals surface area (Å²) in [6.07, 6.45) is 4.46. The van der Waals surface area contributed by atoms with Crippen LogP contribution in [-0.2, 0) is 11.2 Å². The van der Waals surface area contributed by atoms with E-state index in [1.54, 1.807) is 7.11 Å². The van der Waals surface area contributed by atoms with Crippen molar-refractivity contribution in [3.63, 3.8) is 0 Å². The lowest BCUT2D eigenvalue weighted by molar-refractivity contribution is 0.200. The van der Waals surface area contributed by atoms with E-state index in [2.05, 4.69) is 49.5 Å². The monoisotopic (exact) mass is 247 g/mol. The minimum atomic E-state index is 0.766. The van der Waals surface area contributed by atoms with Crippen molar-refractivity contribution in [1.82, 2.24) is 5.32 Å². The third kappa shape index (κ3) is 5.48. The molecule has 0 amide bonds. The summed E-state index contributed by atoms with van der Waals surface area (Å²) in [5.74, 6) is 0. The molecule has 2 heteroatoms. The fraction of sp³-hybridized carbons (Fsp3) is 0.500. The third-order valence-corrected chi connectivity index (χ3v) is 3.05. The fourth-order valence-electron chi connectivity index (χ4n) is 1.79. The number of methoxy groups -OCH3 is 1. The number of ether oxygens (including phenoxy) is 1. The van der Waals surface area contributed by atoms with E-state index in [-0.39, 0.29) is 0 Å². The molecule has 0 atom stereocenters. The summed E-state index contributed by atoms with van der Waals surface area (Å²) < 4.78 is 5.02. The predicted molar refractivity (Wildman–Crippen MR) is 78.8 cm³/mol. The van der Waals surface area contributed by atoms with Gasteiger partial charge in [-0.15, -0.1) is 0 Å². The van der Waals surface area contributed by atoms with Gasteiger partial charge in [-0.3, -0.25) is 0 Å². The molecular formula is C16H25NO. The Morgan fingerprint density at radius 1 is 1.22 bits per heavy atom. The highest BCUT2D eigenvalue weighted by molar-refractivity contribution is 5.53. The SMILES string of the molecule is CCC(=Cc1ccc(CC)cc1)CNCCOC. The summed E-state index contributed by atoms with van der Waals surface area (Å²) >= 11 is 0. The number of hydrogen-bond donors (Lipinski definition) is 1. The summed E-state index contributed by atoms with van der Waals surface area (Å²) in [6.45, 7) is 6.99. The Morgan fingerprint density at radius 3 is 2.50 bits per heavy atom. The van der Waals surface area contributed by atoms with Crippen molar-refractivity contribution >= 4 is 6.08 Å². The zero-order chi connectivity index (χ0) is 13.2. The second-order valence-corrected chi connectivity index (χ2v) is 4.42. The van der Waals surface area contributed by atoms with Crippen LogP contribution in [0.5, 0.6) is 0 Å². The Hall–Kier alpha value is -1.12. The molecule has 1 aromatic carbocycles. The van der Waals surface area contributed by atoms with Crippen LogP contribution in [0.25, 0.3) is 6.08 Å². The molecule has 2 nitrogen and oxygen atoms in total. The summed E-state index contributed by atoms with van der Waals surface area (Å²) in [4.78, 5) is 0. The summed E-state index contributed by atoms with van der Waals surface area (Å²) in [7, 11) is 1.73. The molecule has 0 unspecified atom stereocenters. The molecule has 0 aromatic heterocycles. The van der Waals surface area contributed by atoms with Crippen molar-refractivity contribution < 1.29 is 4.74 Å². The van der Waals surface area contributed by atoms with Gasteiger partial charge in [0, 0.05) is 20.2 Å². The maximum atomic E-state index is 5.02. The number of benzene rings is 1. The molecule has 0 saturated heterocycles. The van der Waals surface area contributed by atoms with E-state index in [1.165, 1.54) is 16.7 Å². The molecule has 0 aliphatic rings. The molecule has 1 aromatic rings. The van der Waals surface area contributed by atoms with Gasteiger partial charge in [0.05, 0.1) is 6.61 Å². The molecule has 100 valence electrons. The molecule has 0 spiro atoms. The van der Waals surface area contributed by atoms with Gasteiger partial charge in [0.1, 0.15) is 0 Å². The lowest BCUT2D eigenvalue weighted by atomic mass is 10.1. The molecular weight excluding hydrogens is 222 g/mol. The lowest BCUT2D eigenvalue weighted by Gasteiger charge is -2.07. The minimum Gasteiger partial charge on any atom is -0.383 e. The van der Waals surface area contributed by atoms with Gasteiger partial charge in [-0.1, -0.05) is 49.8 Å². The quantitative estimate of drug-likeness (QED) is 0.712. The van der Waals surface area contributed by atoms with E-state index in [4.69, 9.17) is 4.74 Å². The van der Waals surface area contributed by atoms with E-state index in [1.807, 2.05) is 0 Å². The van der Waals surface area contributed by atoms with Crippen LogP contribution in [0.2, 0.25) is 0 Å². The first kappa shape index (κ1) is 14.9. The molecule has 0 heterocycles. The van der Waals surface area contributed by atoms with Gasteiger partial charge in [0.25, 0.3) is 0 Å². The van der Waals surface area contributed by atoms with Gasteiger partial charge in [-0.05, 0) is 24.0 Å². The first-order valence-electron chi connectivity index (χ1n) is 6.78. The number of aryl methyl sites for hydroxylation is 1. The average molecular weight is 247 g/mol. The standard InChI is InChI=1S/C16H25NO/c1-4-14-6-8-16(9-7-14)12-15(5-2)13-17-10-11-18-3/h6-9,12,17H,4-5,10-11,13H2,1-3H3. The zero-order valence-corrected chi connectivity index (χ0v) is 11.8. The van der Waals surface area contributed by atoms with E-state index in [9.17, 15) is 0 Å². The highest BCUT2D eigenvalue weighted by Crippen LogP contribution is 2.11. The topological polar surface area (TPSA) is 21.3 Å². The third-order valence-electron chi connectivity index (χ3n) is 3.05. The summed E-state index contributed by atoms with van der Waals surface area (Å²) in [5, 5.41) is 3.39. The van der Waals surface area contributed by atoms with Gasteiger partial charge in [0.2, 0.25) is 0 Å². The Bertz CT molecular complexity index is 354. The van der Waals surface area contributed by atoms with E-state index in [0.717, 1.165) is 32.5 Å². The largest absolute Gasteiger partial charge is 0.383 e. The number of rotatable bonds is 8. The Kier molecular flexibility index (Phi) is 7.38. The van der Waals surface area contributed by atoms with E-state index in [0.29, 0.717) is 0 Å². The van der Waals surface area contributed by atoms with Crippen molar-refractivity contribution in [1.29, 1.82) is 0 Å². The zero-order valence-electron chi connectivity index (χ0n) is 11.8. The fourth-order valence-corrected chi connectivity index (χ4v) is 1.79. The van der Waals surface area contributed by atoms with Crippen molar-refractivity contribution in [3.8, 4) is 0 Å². The second-order valence-electron chi connectivity index (χ2n) is 4.42. The van der Waals surface area contributed by atoms with Crippen LogP contribution in [-0.4, -0.2) is 26.8 Å². The predicted octanol–water partition coefficient (Wildman–Crippen LogP) is 3.28. The average Bonchev–Trinajstić information content (AvgIpc) is 2.43. The molecule has 1 rings (SSSR count). The van der Waals surface area contributed by atoms with Crippen LogP contribution in [0.15, 0.2) is 29.8 Å². The van der Waals surface area contributed by atoms with Crippen LogP contribution in [0.3, 0.4) is 0 Å². The van der Waals surface area contributed by atoms with Crippen molar-refractivity contribution in [2.24, 2.45) is 0 Å². The maximum Gasteiger partial charge on any atom is 0.0587 e. The second kappa shape index (κ2) is 8.90. The van der Waals surface area contributed by atoms with Crippen LogP contribution >= 0.6 is 0 Å². The number of nitrogens with one attached hydrogen (secondary N) is 1. The van der Waals surface area contributed by atoms with Gasteiger partial charge in [-0.25, -0.2) is 0 Å². The smallest absolute Gasteiger partial charge is 0.0587 e. The highest BCUT2D eigenvalue weighted by atomic mass is 16.5. The molecule has 0 aliphatic heterocycles. The van der Waals surface area contributed by atoms with Crippen LogP contribution in [0.1, 0.15) is 31.4 Å². The first-order chi connectivity index (χ1) is 8.80. The van der Waals surface area contributed by atoms with E-state index >= 15 is 0 Å².